The topological polar surface area (TPSA) is 88.9 Å². The Labute approximate surface area is 217 Å². The van der Waals surface area contributed by atoms with Crippen LogP contribution in [0.5, 0.6) is 0 Å². The van der Waals surface area contributed by atoms with E-state index < -0.39 is 11.7 Å². The summed E-state index contributed by atoms with van der Waals surface area (Å²) >= 11 is 0. The highest BCUT2D eigenvalue weighted by atomic mass is 16.6. The van der Waals surface area contributed by atoms with Crippen LogP contribution in [0, 0.1) is 5.41 Å². The van der Waals surface area contributed by atoms with Gasteiger partial charge < -0.3 is 19.3 Å². The van der Waals surface area contributed by atoms with Gasteiger partial charge in [-0.05, 0) is 57.4 Å². The second-order valence-electron chi connectivity index (χ2n) is 11.2. The summed E-state index contributed by atoms with van der Waals surface area (Å²) in [5.74, 6) is 0.483. The van der Waals surface area contributed by atoms with Crippen LogP contribution >= 0.6 is 0 Å². The molecule has 2 saturated heterocycles. The van der Waals surface area contributed by atoms with Gasteiger partial charge >= 0.3 is 12.2 Å². The molecule has 2 aromatic carbocycles. The lowest BCUT2D eigenvalue weighted by atomic mass is 9.72. The highest BCUT2D eigenvalue weighted by Gasteiger charge is 2.46. The standard InChI is InChI=1S/C28H35N5O4/c1-27(2,3)37-26(35)32-14-12-28(13-15-32)18-33(19-28)21-10-11-22-23(16-21)31(4)30-24(22)29-25(34)36-17-20-8-6-5-7-9-20/h5-11,16H,12-15,17-19H2,1-4H3,(H,29,30,34). The number of benzene rings is 2. The number of likely N-dealkylation sites (tertiary alicyclic amines) is 1. The lowest BCUT2D eigenvalue weighted by Crippen LogP contribution is -2.61. The summed E-state index contributed by atoms with van der Waals surface area (Å²) in [7, 11) is 1.87. The van der Waals surface area contributed by atoms with Gasteiger partial charge in [-0.15, -0.1) is 0 Å². The first-order chi connectivity index (χ1) is 17.6. The zero-order valence-electron chi connectivity index (χ0n) is 22.0. The average Bonchev–Trinajstić information content (AvgIpc) is 3.15. The molecule has 0 radical (unpaired) electrons. The van der Waals surface area contributed by atoms with E-state index in [1.807, 2.05) is 69.1 Å². The average molecular weight is 506 g/mol. The number of piperidine rings is 1. The predicted octanol–water partition coefficient (Wildman–Crippen LogP) is 5.16. The summed E-state index contributed by atoms with van der Waals surface area (Å²) in [6, 6.07) is 15.8. The lowest BCUT2D eigenvalue weighted by molar-refractivity contribution is 0.00598. The van der Waals surface area contributed by atoms with E-state index in [1.54, 1.807) is 4.68 Å². The van der Waals surface area contributed by atoms with Crippen molar-refractivity contribution in [3.63, 3.8) is 0 Å². The zero-order chi connectivity index (χ0) is 26.2. The zero-order valence-corrected chi connectivity index (χ0v) is 22.0. The Bertz CT molecular complexity index is 1280. The first kappa shape index (κ1) is 24.9. The second kappa shape index (κ2) is 9.61. The maximum absolute atomic E-state index is 12.4. The Morgan fingerprint density at radius 1 is 1.05 bits per heavy atom. The Kier molecular flexibility index (Phi) is 6.47. The highest BCUT2D eigenvalue weighted by molar-refractivity contribution is 5.98. The van der Waals surface area contributed by atoms with Gasteiger partial charge in [-0.2, -0.15) is 5.10 Å². The Balaban J connectivity index is 1.17. The maximum atomic E-state index is 12.4. The number of amides is 2. The molecule has 2 amide bonds. The molecule has 1 N–H and O–H groups in total. The van der Waals surface area contributed by atoms with Crippen molar-refractivity contribution >= 4 is 34.6 Å². The number of anilines is 2. The van der Waals surface area contributed by atoms with Gasteiger partial charge in [-0.25, -0.2) is 9.59 Å². The minimum absolute atomic E-state index is 0.202. The van der Waals surface area contributed by atoms with E-state index in [4.69, 9.17) is 9.47 Å². The number of fused-ring (bicyclic) bond motifs is 1. The Morgan fingerprint density at radius 3 is 2.43 bits per heavy atom. The van der Waals surface area contributed by atoms with Gasteiger partial charge in [0.1, 0.15) is 12.2 Å². The monoisotopic (exact) mass is 505 g/mol. The van der Waals surface area contributed by atoms with Crippen molar-refractivity contribution in [1.82, 2.24) is 14.7 Å². The van der Waals surface area contributed by atoms with Gasteiger partial charge in [0.25, 0.3) is 0 Å². The van der Waals surface area contributed by atoms with Crippen molar-refractivity contribution < 1.29 is 19.1 Å². The molecule has 3 heterocycles. The number of carbonyl (C=O) groups excluding carboxylic acids is 2. The van der Waals surface area contributed by atoms with Gasteiger partial charge in [-0.1, -0.05) is 30.3 Å². The minimum atomic E-state index is -0.532. The number of carbonyl (C=O) groups is 2. The molecule has 2 aliphatic heterocycles. The molecule has 0 bridgehead atoms. The fourth-order valence-corrected chi connectivity index (χ4v) is 5.14. The van der Waals surface area contributed by atoms with Crippen LogP contribution in [0.1, 0.15) is 39.2 Å². The Morgan fingerprint density at radius 2 is 1.76 bits per heavy atom. The number of rotatable bonds is 4. The van der Waals surface area contributed by atoms with Gasteiger partial charge in [0.15, 0.2) is 5.82 Å². The fraction of sp³-hybridized carbons (Fsp3) is 0.464. The molecule has 9 heteroatoms. The summed E-state index contributed by atoms with van der Waals surface area (Å²) in [5.41, 5.74) is 2.78. The first-order valence-corrected chi connectivity index (χ1v) is 12.8. The number of aryl methyl sites for hydroxylation is 1. The first-order valence-electron chi connectivity index (χ1n) is 12.8. The van der Waals surface area contributed by atoms with Crippen molar-refractivity contribution in [3.8, 4) is 0 Å². The molecule has 3 aromatic rings. The van der Waals surface area contributed by atoms with Crippen LogP contribution in [0.3, 0.4) is 0 Å². The van der Waals surface area contributed by atoms with E-state index in [-0.39, 0.29) is 18.1 Å². The molecular formula is C28H35N5O4. The van der Waals surface area contributed by atoms with Crippen molar-refractivity contribution in [3.05, 3.63) is 54.1 Å². The highest BCUT2D eigenvalue weighted by Crippen LogP contribution is 2.43. The van der Waals surface area contributed by atoms with Gasteiger partial charge in [0.2, 0.25) is 0 Å². The summed E-state index contributed by atoms with van der Waals surface area (Å²) in [6.07, 6.45) is 1.22. The third-order valence-electron chi connectivity index (χ3n) is 7.16. The molecule has 2 aliphatic rings. The third kappa shape index (κ3) is 5.50. The predicted molar refractivity (Wildman–Crippen MR) is 143 cm³/mol. The molecular weight excluding hydrogens is 470 g/mol. The summed E-state index contributed by atoms with van der Waals surface area (Å²) in [4.78, 5) is 29.0. The van der Waals surface area contributed by atoms with E-state index in [0.29, 0.717) is 5.82 Å². The van der Waals surface area contributed by atoms with Crippen LogP contribution in [-0.2, 0) is 23.1 Å². The molecule has 196 valence electrons. The van der Waals surface area contributed by atoms with Crippen LogP contribution in [0.4, 0.5) is 21.1 Å². The summed E-state index contributed by atoms with van der Waals surface area (Å²) in [6.45, 7) is 9.30. The number of nitrogens with one attached hydrogen (secondary N) is 1. The van der Waals surface area contributed by atoms with Crippen LogP contribution < -0.4 is 10.2 Å². The Hall–Kier alpha value is -3.75. The molecule has 0 saturated carbocycles. The third-order valence-corrected chi connectivity index (χ3v) is 7.16. The van der Waals surface area contributed by atoms with Crippen LogP contribution in [0.15, 0.2) is 48.5 Å². The molecule has 1 spiro atoms. The van der Waals surface area contributed by atoms with Crippen molar-refractivity contribution in [2.75, 3.05) is 36.4 Å². The number of hydrogen-bond acceptors (Lipinski definition) is 6. The molecule has 5 rings (SSSR count). The normalized spacial score (nSPS) is 17.0. The van der Waals surface area contributed by atoms with E-state index in [0.717, 1.165) is 61.2 Å². The SMILES string of the molecule is Cn1nc(NC(=O)OCc2ccccc2)c2ccc(N3CC4(CCN(C(=O)OC(C)(C)C)CC4)C3)cc21. The van der Waals surface area contributed by atoms with E-state index in [2.05, 4.69) is 27.4 Å². The largest absolute Gasteiger partial charge is 0.444 e. The molecule has 37 heavy (non-hydrogen) atoms. The molecule has 1 aromatic heterocycles. The number of aromatic nitrogens is 2. The van der Waals surface area contributed by atoms with E-state index in [1.165, 1.54) is 0 Å². The van der Waals surface area contributed by atoms with Crippen LogP contribution in [0.2, 0.25) is 0 Å². The smallest absolute Gasteiger partial charge is 0.413 e. The minimum Gasteiger partial charge on any atom is -0.444 e. The van der Waals surface area contributed by atoms with E-state index >= 15 is 0 Å². The van der Waals surface area contributed by atoms with Gasteiger partial charge in [0.05, 0.1) is 5.52 Å². The maximum Gasteiger partial charge on any atom is 0.413 e. The number of hydrogen-bond donors (Lipinski definition) is 1. The number of ether oxygens (including phenoxy) is 2. The molecule has 0 aliphatic carbocycles. The van der Waals surface area contributed by atoms with Crippen molar-refractivity contribution in [1.29, 1.82) is 0 Å². The molecule has 2 fully saturated rings. The lowest BCUT2D eigenvalue weighted by Gasteiger charge is -2.55. The molecule has 0 atom stereocenters. The summed E-state index contributed by atoms with van der Waals surface area (Å²) < 4.78 is 12.7. The van der Waals surface area contributed by atoms with Gasteiger partial charge in [-0.3, -0.25) is 10.00 Å². The summed E-state index contributed by atoms with van der Waals surface area (Å²) in [5, 5.41) is 8.14. The fourth-order valence-electron chi connectivity index (χ4n) is 5.14. The van der Waals surface area contributed by atoms with Crippen LogP contribution in [-0.4, -0.2) is 58.6 Å². The molecule has 0 unspecified atom stereocenters. The van der Waals surface area contributed by atoms with Crippen LogP contribution in [0.25, 0.3) is 10.9 Å². The quantitative estimate of drug-likeness (QED) is 0.527. The van der Waals surface area contributed by atoms with Gasteiger partial charge in [0, 0.05) is 49.7 Å². The van der Waals surface area contributed by atoms with Crippen molar-refractivity contribution in [2.24, 2.45) is 12.5 Å². The van der Waals surface area contributed by atoms with Crippen molar-refractivity contribution in [2.45, 2.75) is 45.8 Å². The van der Waals surface area contributed by atoms with E-state index in [9.17, 15) is 9.59 Å². The molecule has 9 nitrogen and oxygen atoms in total. The number of nitrogens with zero attached hydrogens (tertiary/aromatic N) is 4. The second-order valence-corrected chi connectivity index (χ2v) is 11.2.